The third kappa shape index (κ3) is 5.86. The van der Waals surface area contributed by atoms with E-state index in [1.165, 1.54) is 24.3 Å². The van der Waals surface area contributed by atoms with Crippen LogP contribution >= 0.6 is 23.2 Å². The Hall–Kier alpha value is -1.84. The minimum atomic E-state index is -3.75. The highest BCUT2D eigenvalue weighted by Gasteiger charge is 2.24. The number of amides is 1. The summed E-state index contributed by atoms with van der Waals surface area (Å²) in [6.45, 7) is 3.79. The van der Waals surface area contributed by atoms with Crippen molar-refractivity contribution in [2.45, 2.75) is 24.5 Å². The van der Waals surface area contributed by atoms with Gasteiger partial charge in [-0.3, -0.25) is 4.79 Å². The van der Waals surface area contributed by atoms with Crippen LogP contribution in [0.15, 0.2) is 47.4 Å². The van der Waals surface area contributed by atoms with Gasteiger partial charge in [0, 0.05) is 29.7 Å². The summed E-state index contributed by atoms with van der Waals surface area (Å²) in [6, 6.07) is 10.7. The average molecular weight is 473 g/mol. The second-order valence-electron chi connectivity index (χ2n) is 6.73. The molecule has 2 aromatic rings. The van der Waals surface area contributed by atoms with Gasteiger partial charge in [0.2, 0.25) is 10.0 Å². The van der Waals surface area contributed by atoms with Gasteiger partial charge < -0.3 is 14.4 Å². The molecular formula is C20H22Cl2N2O5S. The van der Waals surface area contributed by atoms with E-state index in [0.29, 0.717) is 47.7 Å². The normalized spacial score (nSPS) is 15.6. The third-order valence-electron chi connectivity index (χ3n) is 4.59. The van der Waals surface area contributed by atoms with Gasteiger partial charge in [-0.05, 0) is 48.9 Å². The van der Waals surface area contributed by atoms with Crippen molar-refractivity contribution >= 4 is 39.1 Å². The average Bonchev–Trinajstić information content (AvgIpc) is 2.73. The summed E-state index contributed by atoms with van der Waals surface area (Å²) in [4.78, 5) is 14.2. The molecule has 1 saturated heterocycles. The fraction of sp³-hybridized carbons (Fsp3) is 0.350. The topological polar surface area (TPSA) is 84.9 Å². The maximum Gasteiger partial charge on any atom is 0.263 e. The second kappa shape index (κ2) is 9.98. The zero-order valence-electron chi connectivity index (χ0n) is 16.3. The summed E-state index contributed by atoms with van der Waals surface area (Å²) in [7, 11) is -3.75. The van der Waals surface area contributed by atoms with Crippen LogP contribution in [0.25, 0.3) is 0 Å². The lowest BCUT2D eigenvalue weighted by Gasteiger charge is -2.29. The lowest BCUT2D eigenvalue weighted by molar-refractivity contribution is -0.142. The number of nitrogens with zero attached hydrogens (tertiary/aromatic N) is 1. The van der Waals surface area contributed by atoms with Gasteiger partial charge in [-0.2, -0.15) is 0 Å². The van der Waals surface area contributed by atoms with Crippen molar-refractivity contribution in [1.82, 2.24) is 9.62 Å². The Morgan fingerprint density at radius 2 is 1.83 bits per heavy atom. The number of hydrogen-bond acceptors (Lipinski definition) is 5. The van der Waals surface area contributed by atoms with Gasteiger partial charge in [0.15, 0.2) is 6.10 Å². The van der Waals surface area contributed by atoms with E-state index < -0.39 is 16.1 Å². The molecule has 1 N–H and O–H groups in total. The number of morpholine rings is 1. The highest BCUT2D eigenvalue weighted by Crippen LogP contribution is 2.22. The number of sulfonamides is 1. The van der Waals surface area contributed by atoms with Gasteiger partial charge in [0.05, 0.1) is 18.1 Å². The van der Waals surface area contributed by atoms with Crippen LogP contribution in [0, 0.1) is 0 Å². The molecule has 0 saturated carbocycles. The van der Waals surface area contributed by atoms with Gasteiger partial charge in [-0.15, -0.1) is 0 Å². The predicted molar refractivity (Wildman–Crippen MR) is 114 cm³/mol. The van der Waals surface area contributed by atoms with Crippen LogP contribution in [0.2, 0.25) is 10.0 Å². The van der Waals surface area contributed by atoms with Crippen LogP contribution in [0.5, 0.6) is 5.75 Å². The number of carbonyl (C=O) groups excluding carboxylic acids is 1. The monoisotopic (exact) mass is 472 g/mol. The van der Waals surface area contributed by atoms with Gasteiger partial charge in [0.25, 0.3) is 5.91 Å². The second-order valence-corrected chi connectivity index (χ2v) is 9.34. The quantitative estimate of drug-likeness (QED) is 0.668. The maximum absolute atomic E-state index is 12.5. The van der Waals surface area contributed by atoms with Crippen molar-refractivity contribution in [3.05, 3.63) is 58.1 Å². The zero-order chi connectivity index (χ0) is 21.7. The summed E-state index contributed by atoms with van der Waals surface area (Å²) in [5.74, 6) is 0.278. The highest BCUT2D eigenvalue weighted by atomic mass is 35.5. The van der Waals surface area contributed by atoms with Crippen LogP contribution in [-0.4, -0.2) is 51.6 Å². The van der Waals surface area contributed by atoms with Crippen molar-refractivity contribution in [3.63, 3.8) is 0 Å². The Kier molecular flexibility index (Phi) is 7.60. The predicted octanol–water partition coefficient (Wildman–Crippen LogP) is 3.10. The van der Waals surface area contributed by atoms with E-state index >= 15 is 0 Å². The molecule has 0 aromatic heterocycles. The number of carbonyl (C=O) groups is 1. The summed E-state index contributed by atoms with van der Waals surface area (Å²) in [6.07, 6.45) is -0.685. The van der Waals surface area contributed by atoms with E-state index in [-0.39, 0.29) is 17.3 Å². The molecule has 30 heavy (non-hydrogen) atoms. The summed E-state index contributed by atoms with van der Waals surface area (Å²) >= 11 is 11.9. The largest absolute Gasteiger partial charge is 0.481 e. The molecule has 7 nitrogen and oxygen atoms in total. The van der Waals surface area contributed by atoms with E-state index in [1.54, 1.807) is 30.0 Å². The first-order valence-electron chi connectivity index (χ1n) is 9.33. The number of nitrogens with one attached hydrogen (secondary N) is 1. The van der Waals surface area contributed by atoms with E-state index in [0.717, 1.165) is 0 Å². The van der Waals surface area contributed by atoms with Gasteiger partial charge in [0.1, 0.15) is 5.75 Å². The fourth-order valence-electron chi connectivity index (χ4n) is 2.91. The number of rotatable bonds is 7. The smallest absolute Gasteiger partial charge is 0.263 e. The minimum absolute atomic E-state index is 0.0294. The number of benzene rings is 2. The molecule has 0 radical (unpaired) electrons. The van der Waals surface area contributed by atoms with Gasteiger partial charge in [-0.1, -0.05) is 29.3 Å². The molecule has 2 aromatic carbocycles. The van der Waals surface area contributed by atoms with Crippen LogP contribution in [0.4, 0.5) is 0 Å². The first-order valence-corrected chi connectivity index (χ1v) is 11.6. The molecule has 1 fully saturated rings. The van der Waals surface area contributed by atoms with E-state index in [9.17, 15) is 13.2 Å². The SMILES string of the molecule is C[C@@H](Oc1ccc(S(=O)(=O)NCc2ccc(Cl)cc2Cl)cc1)C(=O)N1CCOCC1. The number of hydrogen-bond donors (Lipinski definition) is 1. The zero-order valence-corrected chi connectivity index (χ0v) is 18.6. The molecule has 1 aliphatic rings. The molecule has 0 spiro atoms. The van der Waals surface area contributed by atoms with Crippen LogP contribution < -0.4 is 9.46 Å². The Morgan fingerprint density at radius 3 is 2.47 bits per heavy atom. The third-order valence-corrected chi connectivity index (χ3v) is 6.59. The Labute approximate surface area is 185 Å². The van der Waals surface area contributed by atoms with Crippen LogP contribution in [0.3, 0.4) is 0 Å². The first kappa shape index (κ1) is 22.8. The summed E-state index contributed by atoms with van der Waals surface area (Å²) < 4.78 is 38.5. The summed E-state index contributed by atoms with van der Waals surface area (Å²) in [5.41, 5.74) is 0.611. The van der Waals surface area contributed by atoms with Crippen molar-refractivity contribution in [2.24, 2.45) is 0 Å². The molecular weight excluding hydrogens is 451 g/mol. The molecule has 1 heterocycles. The molecule has 10 heteroatoms. The first-order chi connectivity index (χ1) is 14.3. The molecule has 1 aliphatic heterocycles. The standard InChI is InChI=1S/C20H22Cl2N2O5S/c1-14(20(25)24-8-10-28-11-9-24)29-17-4-6-18(7-5-17)30(26,27)23-13-15-2-3-16(21)12-19(15)22/h2-7,12,14,23H,8-11,13H2,1H3/t14-/m1/s1. The van der Waals surface area contributed by atoms with E-state index in [2.05, 4.69) is 4.72 Å². The lowest BCUT2D eigenvalue weighted by atomic mass is 10.2. The minimum Gasteiger partial charge on any atom is -0.481 e. The molecule has 1 atom stereocenters. The van der Waals surface area contributed by atoms with Crippen molar-refractivity contribution < 1.29 is 22.7 Å². The molecule has 0 bridgehead atoms. The van der Waals surface area contributed by atoms with Crippen LogP contribution in [-0.2, 0) is 26.1 Å². The molecule has 0 aliphatic carbocycles. The highest BCUT2D eigenvalue weighted by molar-refractivity contribution is 7.89. The Balaban J connectivity index is 1.60. The van der Waals surface area contributed by atoms with E-state index in [1.807, 2.05) is 0 Å². The van der Waals surface area contributed by atoms with Gasteiger partial charge >= 0.3 is 0 Å². The molecule has 0 unspecified atom stereocenters. The molecule has 1 amide bonds. The Bertz CT molecular complexity index is 993. The van der Waals surface area contributed by atoms with Crippen LogP contribution in [0.1, 0.15) is 12.5 Å². The lowest BCUT2D eigenvalue weighted by Crippen LogP contribution is -2.46. The van der Waals surface area contributed by atoms with Crippen molar-refractivity contribution in [1.29, 1.82) is 0 Å². The number of ether oxygens (including phenoxy) is 2. The fourth-order valence-corrected chi connectivity index (χ4v) is 4.40. The van der Waals surface area contributed by atoms with E-state index in [4.69, 9.17) is 32.7 Å². The van der Waals surface area contributed by atoms with Crippen molar-refractivity contribution in [2.75, 3.05) is 26.3 Å². The van der Waals surface area contributed by atoms with Gasteiger partial charge in [-0.25, -0.2) is 13.1 Å². The maximum atomic E-state index is 12.5. The Morgan fingerprint density at radius 1 is 1.17 bits per heavy atom. The molecule has 3 rings (SSSR count). The summed E-state index contributed by atoms with van der Waals surface area (Å²) in [5, 5.41) is 0.858. The van der Waals surface area contributed by atoms with Crippen molar-refractivity contribution in [3.8, 4) is 5.75 Å². The molecule has 162 valence electrons. The number of halogens is 2.